The summed E-state index contributed by atoms with van der Waals surface area (Å²) in [5, 5.41) is 4.51. The maximum Gasteiger partial charge on any atom is 0.460 e. The third kappa shape index (κ3) is 3.27. The van der Waals surface area contributed by atoms with Crippen LogP contribution in [0.2, 0.25) is 0 Å². The van der Waals surface area contributed by atoms with Crippen LogP contribution < -0.4 is 0 Å². The lowest BCUT2D eigenvalue weighted by molar-refractivity contribution is -0.360. The average Bonchev–Trinajstić information content (AvgIpc) is 2.76. The summed E-state index contributed by atoms with van der Waals surface area (Å²) in [5.74, 6) is -12.7. The van der Waals surface area contributed by atoms with Crippen molar-refractivity contribution in [3.05, 3.63) is 17.5 Å². The molecule has 0 aliphatic rings. The van der Waals surface area contributed by atoms with E-state index in [2.05, 4.69) is 9.84 Å². The molecule has 0 fully saturated rings. The highest BCUT2D eigenvalue weighted by molar-refractivity contribution is 5.71. The molecule has 1 aromatic rings. The molecule has 0 saturated carbocycles. The summed E-state index contributed by atoms with van der Waals surface area (Å²) in [7, 11) is 0. The number of esters is 1. The Bertz CT molecular complexity index is 510. The van der Waals surface area contributed by atoms with Crippen LogP contribution >= 0.6 is 0 Å². The molecule has 0 aliphatic carbocycles. The van der Waals surface area contributed by atoms with Crippen molar-refractivity contribution in [2.24, 2.45) is 0 Å². The molecule has 0 amide bonds. The molecule has 1 heterocycles. The molecule has 1 rings (SSSR count). The molecular weight excluding hydrogens is 313 g/mol. The molecule has 0 aromatic carbocycles. The molecule has 0 atom stereocenters. The molecule has 0 bridgehead atoms. The molecule has 0 aliphatic heterocycles. The van der Waals surface area contributed by atoms with Gasteiger partial charge < -0.3 is 4.74 Å². The van der Waals surface area contributed by atoms with Crippen LogP contribution in [0.25, 0.3) is 0 Å². The normalized spacial score (nSPS) is 13.3. The minimum Gasteiger partial charge on any atom is -0.466 e. The number of hydrogen-bond donors (Lipinski definition) is 1. The second-order valence-electron chi connectivity index (χ2n) is 3.91. The number of carbonyl (C=O) groups is 1. The molecule has 0 spiro atoms. The van der Waals surface area contributed by atoms with Crippen LogP contribution in [0.1, 0.15) is 18.3 Å². The van der Waals surface area contributed by atoms with Gasteiger partial charge in [0.15, 0.2) is 0 Å². The number of nitrogens with one attached hydrogen (secondary N) is 1. The molecule has 0 radical (unpaired) electrons. The topological polar surface area (TPSA) is 55.0 Å². The van der Waals surface area contributed by atoms with E-state index >= 15 is 0 Å². The van der Waals surface area contributed by atoms with Crippen molar-refractivity contribution >= 4 is 5.97 Å². The van der Waals surface area contributed by atoms with Gasteiger partial charge in [0.2, 0.25) is 0 Å². The van der Waals surface area contributed by atoms with Gasteiger partial charge in [-0.15, -0.1) is 0 Å². The van der Waals surface area contributed by atoms with Gasteiger partial charge in [-0.3, -0.25) is 9.89 Å². The highest BCUT2D eigenvalue weighted by Crippen LogP contribution is 2.51. The Morgan fingerprint density at radius 2 is 1.81 bits per heavy atom. The number of nitrogens with zero attached hydrogens (tertiary/aromatic N) is 1. The number of alkyl halides is 7. The predicted molar refractivity (Wildman–Crippen MR) is 53.8 cm³/mol. The number of rotatable bonds is 5. The first-order valence-corrected chi connectivity index (χ1v) is 5.46. The minimum absolute atomic E-state index is 0.0118. The number of carbonyl (C=O) groups excluding carboxylic acids is 1. The standard InChI is InChI=1S/C10H9F7N2O2/c1-2-21-7(20)4-5-3-6(19-18-5)8(11,12)9(13,14)10(15,16)17/h3H,2,4H2,1H3,(H,18,19). The molecule has 1 N–H and O–H groups in total. The van der Waals surface area contributed by atoms with E-state index in [9.17, 15) is 35.5 Å². The molecule has 1 aromatic heterocycles. The summed E-state index contributed by atoms with van der Waals surface area (Å²) in [6, 6.07) is 0.260. The Labute approximate surface area is 113 Å². The smallest absolute Gasteiger partial charge is 0.460 e. The average molecular weight is 322 g/mol. The van der Waals surface area contributed by atoms with Gasteiger partial charge in [-0.2, -0.15) is 35.8 Å². The van der Waals surface area contributed by atoms with Crippen LogP contribution in [-0.4, -0.2) is 34.9 Å². The fraction of sp³-hybridized carbons (Fsp3) is 0.600. The molecular formula is C10H9F7N2O2. The lowest BCUT2D eigenvalue weighted by Gasteiger charge is -2.26. The fourth-order valence-electron chi connectivity index (χ4n) is 1.32. The van der Waals surface area contributed by atoms with Gasteiger partial charge in [0.05, 0.1) is 13.0 Å². The van der Waals surface area contributed by atoms with Crippen LogP contribution in [0, 0.1) is 0 Å². The zero-order chi connectivity index (χ0) is 16.5. The van der Waals surface area contributed by atoms with E-state index in [1.54, 1.807) is 5.10 Å². The Morgan fingerprint density at radius 3 is 2.29 bits per heavy atom. The van der Waals surface area contributed by atoms with E-state index in [1.165, 1.54) is 6.92 Å². The maximum atomic E-state index is 13.3. The number of ether oxygens (including phenoxy) is 1. The zero-order valence-corrected chi connectivity index (χ0v) is 10.4. The van der Waals surface area contributed by atoms with Crippen molar-refractivity contribution in [2.45, 2.75) is 31.4 Å². The lowest BCUT2D eigenvalue weighted by atomic mass is 10.1. The van der Waals surface area contributed by atoms with Gasteiger partial charge in [0, 0.05) is 5.69 Å². The summed E-state index contributed by atoms with van der Waals surface area (Å²) in [4.78, 5) is 11.0. The number of halogens is 7. The van der Waals surface area contributed by atoms with E-state index in [1.807, 2.05) is 0 Å². The van der Waals surface area contributed by atoms with Crippen LogP contribution in [-0.2, 0) is 21.9 Å². The van der Waals surface area contributed by atoms with E-state index in [-0.39, 0.29) is 18.4 Å². The van der Waals surface area contributed by atoms with Crippen molar-refractivity contribution in [1.29, 1.82) is 0 Å². The van der Waals surface area contributed by atoms with Crippen molar-refractivity contribution in [3.63, 3.8) is 0 Å². The Kier molecular flexibility index (Phi) is 4.54. The van der Waals surface area contributed by atoms with E-state index < -0.39 is 36.1 Å². The molecule has 11 heteroatoms. The SMILES string of the molecule is CCOC(=O)Cc1cc(C(F)(F)C(F)(F)C(F)(F)F)n[nH]1. The number of H-pyrrole nitrogens is 1. The summed E-state index contributed by atoms with van der Waals surface area (Å²) in [6.45, 7) is 1.45. The lowest BCUT2D eigenvalue weighted by Crippen LogP contribution is -2.50. The van der Waals surface area contributed by atoms with E-state index in [0.717, 1.165) is 0 Å². The van der Waals surface area contributed by atoms with Crippen LogP contribution in [0.15, 0.2) is 6.07 Å². The monoisotopic (exact) mass is 322 g/mol. The van der Waals surface area contributed by atoms with Crippen molar-refractivity contribution in [3.8, 4) is 0 Å². The van der Waals surface area contributed by atoms with Gasteiger partial charge >= 0.3 is 24.0 Å². The highest BCUT2D eigenvalue weighted by atomic mass is 19.4. The van der Waals surface area contributed by atoms with Gasteiger partial charge in [-0.25, -0.2) is 0 Å². The first-order valence-electron chi connectivity index (χ1n) is 5.46. The Morgan fingerprint density at radius 1 is 1.24 bits per heavy atom. The Balaban J connectivity index is 3.01. The second kappa shape index (κ2) is 5.53. The van der Waals surface area contributed by atoms with E-state index in [0.29, 0.717) is 0 Å². The minimum atomic E-state index is -6.45. The van der Waals surface area contributed by atoms with Gasteiger partial charge in [0.25, 0.3) is 0 Å². The predicted octanol–water partition coefficient (Wildman–Crippen LogP) is 2.80. The summed E-state index contributed by atoms with van der Waals surface area (Å²) in [5.41, 5.74) is -2.19. The van der Waals surface area contributed by atoms with Gasteiger partial charge in [-0.05, 0) is 13.0 Å². The summed E-state index contributed by atoms with van der Waals surface area (Å²) < 4.78 is 92.5. The van der Waals surface area contributed by atoms with Gasteiger partial charge in [0.1, 0.15) is 5.69 Å². The zero-order valence-electron chi connectivity index (χ0n) is 10.4. The first-order chi connectivity index (χ1) is 9.43. The molecule has 4 nitrogen and oxygen atoms in total. The summed E-state index contributed by atoms with van der Waals surface area (Å²) in [6.07, 6.45) is -7.06. The molecule has 0 unspecified atom stereocenters. The van der Waals surface area contributed by atoms with Crippen molar-refractivity contribution < 1.29 is 40.3 Å². The largest absolute Gasteiger partial charge is 0.466 e. The fourth-order valence-corrected chi connectivity index (χ4v) is 1.32. The summed E-state index contributed by atoms with van der Waals surface area (Å²) >= 11 is 0. The van der Waals surface area contributed by atoms with Crippen LogP contribution in [0.4, 0.5) is 30.7 Å². The third-order valence-corrected chi connectivity index (χ3v) is 2.34. The molecule has 120 valence electrons. The second-order valence-corrected chi connectivity index (χ2v) is 3.91. The number of hydrogen-bond acceptors (Lipinski definition) is 3. The van der Waals surface area contributed by atoms with Crippen molar-refractivity contribution in [2.75, 3.05) is 6.61 Å². The Hall–Kier alpha value is -1.81. The first kappa shape index (κ1) is 17.2. The maximum absolute atomic E-state index is 13.3. The molecule has 21 heavy (non-hydrogen) atoms. The number of aromatic amines is 1. The van der Waals surface area contributed by atoms with Crippen LogP contribution in [0.5, 0.6) is 0 Å². The van der Waals surface area contributed by atoms with E-state index in [4.69, 9.17) is 0 Å². The van der Waals surface area contributed by atoms with Gasteiger partial charge in [-0.1, -0.05) is 0 Å². The molecule has 0 saturated heterocycles. The van der Waals surface area contributed by atoms with Crippen LogP contribution in [0.3, 0.4) is 0 Å². The number of aromatic nitrogens is 2. The van der Waals surface area contributed by atoms with Crippen molar-refractivity contribution in [1.82, 2.24) is 10.2 Å². The third-order valence-electron chi connectivity index (χ3n) is 2.34. The highest BCUT2D eigenvalue weighted by Gasteiger charge is 2.74. The quantitative estimate of drug-likeness (QED) is 0.670.